The molecule has 1 atom stereocenters. The molecule has 1 aromatic heterocycles. The normalized spacial score (nSPS) is 11.4. The quantitative estimate of drug-likeness (QED) is 0.530. The van der Waals surface area contributed by atoms with Crippen LogP contribution in [0.15, 0.2) is 24.5 Å². The number of pyridine rings is 1. The van der Waals surface area contributed by atoms with Crippen LogP contribution >= 0.6 is 0 Å². The van der Waals surface area contributed by atoms with Crippen molar-refractivity contribution in [2.75, 3.05) is 13.2 Å². The van der Waals surface area contributed by atoms with Gasteiger partial charge in [0.2, 0.25) is 5.91 Å². The zero-order valence-electron chi connectivity index (χ0n) is 14.1. The van der Waals surface area contributed by atoms with Crippen molar-refractivity contribution in [3.8, 4) is 6.07 Å². The van der Waals surface area contributed by atoms with Crippen LogP contribution in [0.2, 0.25) is 0 Å². The van der Waals surface area contributed by atoms with Crippen molar-refractivity contribution in [2.45, 2.75) is 39.2 Å². The monoisotopic (exact) mass is 332 g/mol. The predicted molar refractivity (Wildman–Crippen MR) is 88.9 cm³/mol. The summed E-state index contributed by atoms with van der Waals surface area (Å²) < 4.78 is 5.12. The Kier molecular flexibility index (Phi) is 8.90. The van der Waals surface area contributed by atoms with E-state index in [0.29, 0.717) is 12.8 Å². The van der Waals surface area contributed by atoms with Crippen LogP contribution in [0, 0.1) is 17.2 Å². The molecule has 7 nitrogen and oxygen atoms in total. The Morgan fingerprint density at radius 3 is 2.67 bits per heavy atom. The van der Waals surface area contributed by atoms with Crippen LogP contribution < -0.4 is 10.6 Å². The molecule has 1 rings (SSSR count). The Balaban J connectivity index is 2.35. The van der Waals surface area contributed by atoms with Gasteiger partial charge in [-0.25, -0.2) is 4.79 Å². The standard InChI is InChI=1S/C17H24N4O3/c1-13(2)12-15(16(22)20-10-7-18)21-17(23)24-11-3-4-14-5-8-19-9-6-14/h5-6,8-9,13,15H,3-4,10-12H2,1-2H3,(H,20,22)(H,21,23). The molecule has 7 heteroatoms. The number of hydrogen-bond acceptors (Lipinski definition) is 5. The van der Waals surface area contributed by atoms with Gasteiger partial charge in [-0.1, -0.05) is 13.8 Å². The molecule has 0 aliphatic heterocycles. The van der Waals surface area contributed by atoms with Gasteiger partial charge in [0.25, 0.3) is 0 Å². The number of rotatable bonds is 9. The zero-order chi connectivity index (χ0) is 17.8. The molecule has 0 fully saturated rings. The maximum Gasteiger partial charge on any atom is 0.407 e. The highest BCUT2D eigenvalue weighted by Gasteiger charge is 2.22. The molecule has 130 valence electrons. The highest BCUT2D eigenvalue weighted by atomic mass is 16.5. The fourth-order valence-electron chi connectivity index (χ4n) is 2.13. The molecular weight excluding hydrogens is 308 g/mol. The molecule has 0 aliphatic carbocycles. The number of amides is 2. The maximum atomic E-state index is 11.9. The van der Waals surface area contributed by atoms with Gasteiger partial charge in [-0.05, 0) is 42.9 Å². The summed E-state index contributed by atoms with van der Waals surface area (Å²) in [5.74, 6) is -0.159. The predicted octanol–water partition coefficient (Wildman–Crippen LogP) is 1.79. The third-order valence-corrected chi connectivity index (χ3v) is 3.25. The largest absolute Gasteiger partial charge is 0.450 e. The summed E-state index contributed by atoms with van der Waals surface area (Å²) in [7, 11) is 0. The summed E-state index contributed by atoms with van der Waals surface area (Å²) >= 11 is 0. The van der Waals surface area contributed by atoms with Crippen molar-refractivity contribution in [1.82, 2.24) is 15.6 Å². The molecule has 0 saturated carbocycles. The lowest BCUT2D eigenvalue weighted by Crippen LogP contribution is -2.47. The minimum absolute atomic E-state index is 0.0872. The molecular formula is C17H24N4O3. The summed E-state index contributed by atoms with van der Waals surface area (Å²) in [4.78, 5) is 27.7. The Labute approximate surface area is 142 Å². The molecule has 24 heavy (non-hydrogen) atoms. The van der Waals surface area contributed by atoms with E-state index >= 15 is 0 Å². The topological polar surface area (TPSA) is 104 Å². The molecule has 0 aromatic carbocycles. The van der Waals surface area contributed by atoms with Crippen molar-refractivity contribution in [3.63, 3.8) is 0 Å². The molecule has 1 aromatic rings. The minimum atomic E-state index is -0.703. The van der Waals surface area contributed by atoms with Gasteiger partial charge in [0, 0.05) is 12.4 Å². The summed E-state index contributed by atoms with van der Waals surface area (Å²) in [5.41, 5.74) is 1.13. The molecule has 2 amide bonds. The van der Waals surface area contributed by atoms with Crippen LogP contribution in [0.5, 0.6) is 0 Å². The van der Waals surface area contributed by atoms with Crippen LogP contribution in [0.25, 0.3) is 0 Å². The lowest BCUT2D eigenvalue weighted by Gasteiger charge is -2.19. The first kappa shape index (κ1) is 19.4. The summed E-state index contributed by atoms with van der Waals surface area (Å²) in [5, 5.41) is 13.5. The number of carbonyl (C=O) groups is 2. The van der Waals surface area contributed by atoms with Crippen LogP contribution in [-0.4, -0.2) is 36.2 Å². The summed E-state index contributed by atoms with van der Waals surface area (Å²) in [6.07, 6.45) is 4.77. The van der Waals surface area contributed by atoms with E-state index in [-0.39, 0.29) is 25.0 Å². The summed E-state index contributed by atoms with van der Waals surface area (Å²) in [6.45, 7) is 4.08. The molecule has 1 unspecified atom stereocenters. The fourth-order valence-corrected chi connectivity index (χ4v) is 2.13. The Morgan fingerprint density at radius 1 is 1.33 bits per heavy atom. The second-order valence-corrected chi connectivity index (χ2v) is 5.80. The third-order valence-electron chi connectivity index (χ3n) is 3.25. The number of aryl methyl sites for hydroxylation is 1. The van der Waals surface area contributed by atoms with E-state index in [1.165, 1.54) is 0 Å². The highest BCUT2D eigenvalue weighted by molar-refractivity contribution is 5.85. The minimum Gasteiger partial charge on any atom is -0.450 e. The third kappa shape index (κ3) is 8.13. The second kappa shape index (κ2) is 11.0. The number of aromatic nitrogens is 1. The van der Waals surface area contributed by atoms with Crippen LogP contribution in [0.4, 0.5) is 4.79 Å². The molecule has 0 aliphatic rings. The van der Waals surface area contributed by atoms with E-state index in [0.717, 1.165) is 12.0 Å². The van der Waals surface area contributed by atoms with E-state index in [9.17, 15) is 9.59 Å². The van der Waals surface area contributed by atoms with Gasteiger partial charge in [0.1, 0.15) is 12.6 Å². The van der Waals surface area contributed by atoms with Crippen molar-refractivity contribution < 1.29 is 14.3 Å². The van der Waals surface area contributed by atoms with Crippen molar-refractivity contribution in [3.05, 3.63) is 30.1 Å². The summed E-state index contributed by atoms with van der Waals surface area (Å²) in [6, 6.07) is 4.96. The van der Waals surface area contributed by atoms with Gasteiger partial charge in [0.15, 0.2) is 0 Å². The van der Waals surface area contributed by atoms with Crippen molar-refractivity contribution in [1.29, 1.82) is 5.26 Å². The first-order valence-corrected chi connectivity index (χ1v) is 7.99. The fraction of sp³-hybridized carbons (Fsp3) is 0.529. The van der Waals surface area contributed by atoms with Gasteiger partial charge in [-0.15, -0.1) is 0 Å². The average molecular weight is 332 g/mol. The Hall–Kier alpha value is -2.62. The van der Waals surface area contributed by atoms with E-state index in [2.05, 4.69) is 15.6 Å². The van der Waals surface area contributed by atoms with Crippen LogP contribution in [-0.2, 0) is 16.0 Å². The zero-order valence-corrected chi connectivity index (χ0v) is 14.1. The van der Waals surface area contributed by atoms with Crippen molar-refractivity contribution in [2.24, 2.45) is 5.92 Å². The number of hydrogen-bond donors (Lipinski definition) is 2. The van der Waals surface area contributed by atoms with Crippen molar-refractivity contribution >= 4 is 12.0 Å². The van der Waals surface area contributed by atoms with E-state index in [1.54, 1.807) is 12.4 Å². The number of nitrogens with zero attached hydrogens (tertiary/aromatic N) is 2. The van der Waals surface area contributed by atoms with Gasteiger partial charge in [-0.3, -0.25) is 9.78 Å². The van der Waals surface area contributed by atoms with E-state index in [4.69, 9.17) is 10.00 Å². The lowest BCUT2D eigenvalue weighted by molar-refractivity contribution is -0.123. The number of nitriles is 1. The molecule has 0 spiro atoms. The second-order valence-electron chi connectivity index (χ2n) is 5.80. The first-order valence-electron chi connectivity index (χ1n) is 7.99. The van der Waals surface area contributed by atoms with Gasteiger partial charge in [0.05, 0.1) is 12.7 Å². The molecule has 0 radical (unpaired) electrons. The number of alkyl carbamates (subject to hydrolysis) is 1. The smallest absolute Gasteiger partial charge is 0.407 e. The Morgan fingerprint density at radius 2 is 2.04 bits per heavy atom. The maximum absolute atomic E-state index is 11.9. The molecule has 1 heterocycles. The Bertz CT molecular complexity index is 555. The van der Waals surface area contributed by atoms with Crippen LogP contribution in [0.1, 0.15) is 32.3 Å². The average Bonchev–Trinajstić information content (AvgIpc) is 2.56. The molecule has 2 N–H and O–H groups in total. The van der Waals surface area contributed by atoms with Gasteiger partial charge >= 0.3 is 6.09 Å². The SMILES string of the molecule is CC(C)CC(NC(=O)OCCCc1ccncc1)C(=O)NCC#N. The number of nitrogens with one attached hydrogen (secondary N) is 2. The highest BCUT2D eigenvalue weighted by Crippen LogP contribution is 2.06. The lowest BCUT2D eigenvalue weighted by atomic mass is 10.0. The van der Waals surface area contributed by atoms with Gasteiger partial charge in [-0.2, -0.15) is 5.26 Å². The van der Waals surface area contributed by atoms with E-state index in [1.807, 2.05) is 32.0 Å². The number of ether oxygens (including phenoxy) is 1. The molecule has 0 saturated heterocycles. The first-order chi connectivity index (χ1) is 11.5. The van der Waals surface area contributed by atoms with Crippen LogP contribution in [0.3, 0.4) is 0 Å². The number of carbonyl (C=O) groups excluding carboxylic acids is 2. The van der Waals surface area contributed by atoms with E-state index < -0.39 is 12.1 Å². The van der Waals surface area contributed by atoms with Gasteiger partial charge < -0.3 is 15.4 Å². The molecule has 0 bridgehead atoms.